The molecule has 5 nitrogen and oxygen atoms in total. The Hall–Kier alpha value is -0.360. The molecule has 1 amide bonds. The van der Waals surface area contributed by atoms with Gasteiger partial charge in [0.2, 0.25) is 0 Å². The minimum atomic E-state index is -0.359. The fraction of sp³-hybridized carbons (Fsp3) is 0.875. The molecule has 0 spiro atoms. The molecule has 1 rings (SSSR count). The Morgan fingerprint density at radius 1 is 1.79 bits per heavy atom. The molecule has 0 aromatic rings. The van der Waals surface area contributed by atoms with Gasteiger partial charge in [-0.25, -0.2) is 0 Å². The van der Waals surface area contributed by atoms with Crippen LogP contribution in [0.2, 0.25) is 0 Å². The highest BCUT2D eigenvalue weighted by molar-refractivity contribution is 5.85. The molecule has 1 aliphatic rings. The number of carbonyl (C=O) groups is 1. The molecule has 0 saturated carbocycles. The lowest BCUT2D eigenvalue weighted by molar-refractivity contribution is -0.134. The summed E-state index contributed by atoms with van der Waals surface area (Å²) < 4.78 is 5.27. The van der Waals surface area contributed by atoms with E-state index in [1.165, 1.54) is 0 Å². The van der Waals surface area contributed by atoms with Gasteiger partial charge in [-0.15, -0.1) is 12.4 Å². The predicted molar refractivity (Wildman–Crippen MR) is 56.5 cm³/mol. The summed E-state index contributed by atoms with van der Waals surface area (Å²) in [6, 6.07) is 0.0121. The van der Waals surface area contributed by atoms with Crippen molar-refractivity contribution < 1.29 is 9.53 Å². The van der Waals surface area contributed by atoms with Gasteiger partial charge < -0.3 is 21.1 Å². The first-order chi connectivity index (χ1) is 6.24. The van der Waals surface area contributed by atoms with Gasteiger partial charge in [0.1, 0.15) is 6.10 Å². The van der Waals surface area contributed by atoms with E-state index in [1.807, 2.05) is 6.92 Å². The lowest BCUT2D eigenvalue weighted by Crippen LogP contribution is -2.51. The standard InChI is InChI=1S/C8H17N3O2.ClH/c1-6(4-9)11-8(12)7-5-10-2-3-13-7;/h6-7,10H,2-5,9H2,1H3,(H,11,12);1H/t6-,7?;/m0./s1. The fourth-order valence-corrected chi connectivity index (χ4v) is 1.13. The predicted octanol–water partition coefficient (Wildman–Crippen LogP) is -1.14. The van der Waals surface area contributed by atoms with Crippen molar-refractivity contribution in [2.24, 2.45) is 5.73 Å². The summed E-state index contributed by atoms with van der Waals surface area (Å²) in [5, 5.41) is 5.86. The molecule has 1 saturated heterocycles. The van der Waals surface area contributed by atoms with Crippen molar-refractivity contribution in [3.05, 3.63) is 0 Å². The number of carbonyl (C=O) groups excluding carboxylic acids is 1. The van der Waals surface area contributed by atoms with Crippen LogP contribution in [0.3, 0.4) is 0 Å². The Morgan fingerprint density at radius 2 is 2.50 bits per heavy atom. The summed E-state index contributed by atoms with van der Waals surface area (Å²) in [5.74, 6) is -0.0786. The van der Waals surface area contributed by atoms with E-state index in [0.29, 0.717) is 19.7 Å². The van der Waals surface area contributed by atoms with Crippen molar-refractivity contribution in [2.45, 2.75) is 19.1 Å². The quantitative estimate of drug-likeness (QED) is 0.566. The zero-order chi connectivity index (χ0) is 9.68. The largest absolute Gasteiger partial charge is 0.366 e. The molecule has 1 aliphatic heterocycles. The Kier molecular flexibility index (Phi) is 6.82. The zero-order valence-corrected chi connectivity index (χ0v) is 9.10. The smallest absolute Gasteiger partial charge is 0.250 e. The molecule has 0 aromatic heterocycles. The van der Waals surface area contributed by atoms with E-state index in [2.05, 4.69) is 10.6 Å². The number of amides is 1. The highest BCUT2D eigenvalue weighted by atomic mass is 35.5. The molecule has 4 N–H and O–H groups in total. The van der Waals surface area contributed by atoms with Crippen LogP contribution in [0, 0.1) is 0 Å². The first-order valence-corrected chi connectivity index (χ1v) is 4.57. The molecule has 1 fully saturated rings. The van der Waals surface area contributed by atoms with E-state index in [1.54, 1.807) is 0 Å². The van der Waals surface area contributed by atoms with Crippen LogP contribution in [0.25, 0.3) is 0 Å². The number of halogens is 1. The van der Waals surface area contributed by atoms with Gasteiger partial charge in [-0.2, -0.15) is 0 Å². The molecule has 2 atom stereocenters. The van der Waals surface area contributed by atoms with E-state index in [4.69, 9.17) is 10.5 Å². The van der Waals surface area contributed by atoms with Crippen LogP contribution in [-0.2, 0) is 9.53 Å². The van der Waals surface area contributed by atoms with Crippen molar-refractivity contribution in [3.63, 3.8) is 0 Å². The summed E-state index contributed by atoms with van der Waals surface area (Å²) in [7, 11) is 0. The second-order valence-electron chi connectivity index (χ2n) is 3.21. The highest BCUT2D eigenvalue weighted by Crippen LogP contribution is 1.96. The van der Waals surface area contributed by atoms with Crippen LogP contribution in [0.15, 0.2) is 0 Å². The lowest BCUT2D eigenvalue weighted by Gasteiger charge is -2.24. The van der Waals surface area contributed by atoms with Crippen molar-refractivity contribution >= 4 is 18.3 Å². The maximum absolute atomic E-state index is 11.4. The number of hydrogen-bond donors (Lipinski definition) is 3. The molecule has 0 radical (unpaired) electrons. The topological polar surface area (TPSA) is 76.4 Å². The molecule has 1 heterocycles. The number of ether oxygens (including phenoxy) is 1. The molecular weight excluding hydrogens is 206 g/mol. The summed E-state index contributed by atoms with van der Waals surface area (Å²) in [6.45, 7) is 4.31. The van der Waals surface area contributed by atoms with Gasteiger partial charge in [-0.05, 0) is 6.92 Å². The lowest BCUT2D eigenvalue weighted by atomic mass is 10.2. The second kappa shape index (κ2) is 7.00. The van der Waals surface area contributed by atoms with Crippen LogP contribution < -0.4 is 16.4 Å². The van der Waals surface area contributed by atoms with Gasteiger partial charge in [-0.1, -0.05) is 0 Å². The van der Waals surface area contributed by atoms with E-state index in [0.717, 1.165) is 6.54 Å². The first-order valence-electron chi connectivity index (χ1n) is 4.57. The fourth-order valence-electron chi connectivity index (χ4n) is 1.13. The van der Waals surface area contributed by atoms with Gasteiger partial charge in [-0.3, -0.25) is 4.79 Å². The Morgan fingerprint density at radius 3 is 3.00 bits per heavy atom. The Bertz CT molecular complexity index is 174. The summed E-state index contributed by atoms with van der Waals surface area (Å²) in [5.41, 5.74) is 5.38. The van der Waals surface area contributed by atoms with E-state index in [-0.39, 0.29) is 30.5 Å². The third kappa shape index (κ3) is 4.23. The zero-order valence-electron chi connectivity index (χ0n) is 8.29. The third-order valence-corrected chi connectivity index (χ3v) is 1.96. The van der Waals surface area contributed by atoms with Crippen LogP contribution in [0.1, 0.15) is 6.92 Å². The van der Waals surface area contributed by atoms with Gasteiger partial charge in [0.15, 0.2) is 0 Å². The van der Waals surface area contributed by atoms with E-state index < -0.39 is 0 Å². The van der Waals surface area contributed by atoms with Crippen LogP contribution in [0.5, 0.6) is 0 Å². The van der Waals surface area contributed by atoms with Crippen molar-refractivity contribution in [1.29, 1.82) is 0 Å². The van der Waals surface area contributed by atoms with Gasteiger partial charge in [0.05, 0.1) is 6.61 Å². The molecular formula is C8H18ClN3O2. The maximum Gasteiger partial charge on any atom is 0.250 e. The normalized spacial score (nSPS) is 23.4. The number of morpholine rings is 1. The van der Waals surface area contributed by atoms with Crippen LogP contribution >= 0.6 is 12.4 Å². The molecule has 0 bridgehead atoms. The average Bonchev–Trinajstić information content (AvgIpc) is 2.19. The van der Waals surface area contributed by atoms with Crippen LogP contribution in [-0.4, -0.2) is 44.3 Å². The Balaban J connectivity index is 0.00000169. The SMILES string of the molecule is C[C@@H](CN)NC(=O)C1CNCCO1.Cl. The number of hydrogen-bond acceptors (Lipinski definition) is 4. The summed E-state index contributed by atoms with van der Waals surface area (Å²) in [4.78, 5) is 11.4. The second-order valence-corrected chi connectivity index (χ2v) is 3.21. The minimum absolute atomic E-state index is 0. The van der Waals surface area contributed by atoms with Gasteiger partial charge in [0.25, 0.3) is 5.91 Å². The van der Waals surface area contributed by atoms with E-state index >= 15 is 0 Å². The molecule has 84 valence electrons. The molecule has 6 heteroatoms. The Labute approximate surface area is 90.2 Å². The number of rotatable bonds is 3. The molecule has 0 aliphatic carbocycles. The monoisotopic (exact) mass is 223 g/mol. The molecule has 0 aromatic carbocycles. The minimum Gasteiger partial charge on any atom is -0.366 e. The van der Waals surface area contributed by atoms with E-state index in [9.17, 15) is 4.79 Å². The first kappa shape index (κ1) is 13.6. The summed E-state index contributed by atoms with van der Waals surface area (Å²) >= 11 is 0. The number of nitrogens with one attached hydrogen (secondary N) is 2. The van der Waals surface area contributed by atoms with Crippen LogP contribution in [0.4, 0.5) is 0 Å². The molecule has 1 unspecified atom stereocenters. The summed E-state index contributed by atoms with van der Waals surface area (Å²) in [6.07, 6.45) is -0.359. The molecule has 14 heavy (non-hydrogen) atoms. The van der Waals surface area contributed by atoms with Crippen molar-refractivity contribution in [1.82, 2.24) is 10.6 Å². The van der Waals surface area contributed by atoms with Gasteiger partial charge in [0, 0.05) is 25.7 Å². The van der Waals surface area contributed by atoms with Crippen molar-refractivity contribution in [3.8, 4) is 0 Å². The third-order valence-electron chi connectivity index (χ3n) is 1.96. The van der Waals surface area contributed by atoms with Crippen molar-refractivity contribution in [2.75, 3.05) is 26.2 Å². The number of nitrogens with two attached hydrogens (primary N) is 1. The average molecular weight is 224 g/mol. The maximum atomic E-state index is 11.4. The van der Waals surface area contributed by atoms with Gasteiger partial charge >= 0.3 is 0 Å². The highest BCUT2D eigenvalue weighted by Gasteiger charge is 2.22.